The summed E-state index contributed by atoms with van der Waals surface area (Å²) in [5.41, 5.74) is 1.76. The molecular formula is C14H17ClFN3O. The molecular weight excluding hydrogens is 281 g/mol. The SMILES string of the molecule is Cc1cc2c(cc1F)nc(CCl)n2C(C)C(=O)N(C)C. The van der Waals surface area contributed by atoms with Crippen LogP contribution in [0.25, 0.3) is 11.0 Å². The van der Waals surface area contributed by atoms with E-state index in [9.17, 15) is 9.18 Å². The summed E-state index contributed by atoms with van der Waals surface area (Å²) in [6, 6.07) is 2.64. The number of hydrogen-bond acceptors (Lipinski definition) is 2. The number of likely N-dealkylation sites (N-methyl/N-ethyl adjacent to an activating group) is 1. The molecule has 1 unspecified atom stereocenters. The number of benzene rings is 1. The Morgan fingerprint density at radius 1 is 1.50 bits per heavy atom. The lowest BCUT2D eigenvalue weighted by molar-refractivity contribution is -0.131. The van der Waals surface area contributed by atoms with Crippen molar-refractivity contribution in [2.24, 2.45) is 0 Å². The minimum Gasteiger partial charge on any atom is -0.347 e. The molecule has 6 heteroatoms. The third kappa shape index (κ3) is 2.38. The molecule has 1 heterocycles. The van der Waals surface area contributed by atoms with Gasteiger partial charge >= 0.3 is 0 Å². The van der Waals surface area contributed by atoms with Crippen molar-refractivity contribution in [1.29, 1.82) is 0 Å². The molecule has 20 heavy (non-hydrogen) atoms. The molecule has 4 nitrogen and oxygen atoms in total. The lowest BCUT2D eigenvalue weighted by atomic mass is 10.2. The van der Waals surface area contributed by atoms with E-state index in [-0.39, 0.29) is 17.6 Å². The largest absolute Gasteiger partial charge is 0.347 e. The Bertz CT molecular complexity index is 666. The zero-order chi connectivity index (χ0) is 15.0. The highest BCUT2D eigenvalue weighted by Gasteiger charge is 2.23. The van der Waals surface area contributed by atoms with Gasteiger partial charge in [-0.15, -0.1) is 11.6 Å². The minimum absolute atomic E-state index is 0.0577. The number of nitrogens with zero attached hydrogens (tertiary/aromatic N) is 3. The Morgan fingerprint density at radius 3 is 2.70 bits per heavy atom. The Hall–Kier alpha value is -1.62. The highest BCUT2D eigenvalue weighted by Crippen LogP contribution is 2.25. The molecule has 0 saturated heterocycles. The first-order valence-corrected chi connectivity index (χ1v) is 6.84. The fraction of sp³-hybridized carbons (Fsp3) is 0.429. The summed E-state index contributed by atoms with van der Waals surface area (Å²) >= 11 is 5.91. The first-order valence-electron chi connectivity index (χ1n) is 6.31. The van der Waals surface area contributed by atoms with Crippen molar-refractivity contribution in [2.45, 2.75) is 25.8 Å². The predicted molar refractivity (Wildman–Crippen MR) is 77.4 cm³/mol. The second-order valence-electron chi connectivity index (χ2n) is 5.03. The molecule has 0 aliphatic rings. The maximum absolute atomic E-state index is 13.6. The van der Waals surface area contributed by atoms with Gasteiger partial charge in [-0.2, -0.15) is 0 Å². The number of carbonyl (C=O) groups excluding carboxylic acids is 1. The molecule has 1 aromatic heterocycles. The van der Waals surface area contributed by atoms with E-state index in [0.717, 1.165) is 5.52 Å². The molecule has 0 aliphatic carbocycles. The maximum Gasteiger partial charge on any atom is 0.244 e. The second kappa shape index (κ2) is 5.40. The van der Waals surface area contributed by atoms with E-state index >= 15 is 0 Å². The fourth-order valence-corrected chi connectivity index (χ4v) is 2.47. The molecule has 0 fully saturated rings. The monoisotopic (exact) mass is 297 g/mol. The van der Waals surface area contributed by atoms with Gasteiger partial charge < -0.3 is 9.47 Å². The molecule has 1 aromatic carbocycles. The Balaban J connectivity index is 2.67. The molecule has 1 atom stereocenters. The van der Waals surface area contributed by atoms with Crippen LogP contribution in [0, 0.1) is 12.7 Å². The van der Waals surface area contributed by atoms with Crippen molar-refractivity contribution in [3.05, 3.63) is 29.3 Å². The van der Waals surface area contributed by atoms with Crippen LogP contribution in [-0.4, -0.2) is 34.5 Å². The molecule has 2 rings (SSSR count). The summed E-state index contributed by atoms with van der Waals surface area (Å²) in [5.74, 6) is 0.363. The fourth-order valence-electron chi connectivity index (χ4n) is 2.28. The minimum atomic E-state index is -0.436. The predicted octanol–water partition coefficient (Wildman–Crippen LogP) is 2.87. The summed E-state index contributed by atoms with van der Waals surface area (Å²) in [4.78, 5) is 18.0. The number of hydrogen-bond donors (Lipinski definition) is 0. The molecule has 0 N–H and O–H groups in total. The van der Waals surface area contributed by atoms with Gasteiger partial charge in [-0.1, -0.05) is 0 Å². The highest BCUT2D eigenvalue weighted by atomic mass is 35.5. The number of imidazole rings is 1. The Kier molecular flexibility index (Phi) is 3.99. The first kappa shape index (κ1) is 14.8. The average Bonchev–Trinajstić information content (AvgIpc) is 2.75. The quantitative estimate of drug-likeness (QED) is 0.817. The van der Waals surface area contributed by atoms with E-state index in [4.69, 9.17) is 11.6 Å². The average molecular weight is 298 g/mol. The summed E-state index contributed by atoms with van der Waals surface area (Å²) in [6.45, 7) is 3.48. The van der Waals surface area contributed by atoms with Crippen LogP contribution in [0.1, 0.15) is 24.4 Å². The van der Waals surface area contributed by atoms with E-state index in [0.29, 0.717) is 16.9 Å². The third-order valence-electron chi connectivity index (χ3n) is 3.35. The van der Waals surface area contributed by atoms with Crippen LogP contribution >= 0.6 is 11.6 Å². The first-order chi connectivity index (χ1) is 9.36. The van der Waals surface area contributed by atoms with Crippen LogP contribution in [0.5, 0.6) is 0 Å². The van der Waals surface area contributed by atoms with Crippen LogP contribution in [0.2, 0.25) is 0 Å². The van der Waals surface area contributed by atoms with Crippen molar-refractivity contribution in [3.63, 3.8) is 0 Å². The smallest absolute Gasteiger partial charge is 0.244 e. The zero-order valence-corrected chi connectivity index (χ0v) is 12.7. The molecule has 0 spiro atoms. The number of halogens is 2. The summed E-state index contributed by atoms with van der Waals surface area (Å²) in [6.07, 6.45) is 0. The highest BCUT2D eigenvalue weighted by molar-refractivity contribution is 6.17. The number of rotatable bonds is 3. The summed E-state index contributed by atoms with van der Waals surface area (Å²) < 4.78 is 15.4. The van der Waals surface area contributed by atoms with Gasteiger partial charge in [0, 0.05) is 20.2 Å². The number of aromatic nitrogens is 2. The lowest BCUT2D eigenvalue weighted by Gasteiger charge is -2.20. The van der Waals surface area contributed by atoms with Crippen molar-refractivity contribution in [1.82, 2.24) is 14.5 Å². The Morgan fingerprint density at radius 2 is 2.15 bits per heavy atom. The molecule has 2 aromatic rings. The second-order valence-corrected chi connectivity index (χ2v) is 5.30. The van der Waals surface area contributed by atoms with Gasteiger partial charge in [0.1, 0.15) is 17.7 Å². The van der Waals surface area contributed by atoms with Crippen LogP contribution < -0.4 is 0 Å². The van der Waals surface area contributed by atoms with Crippen LogP contribution in [0.4, 0.5) is 4.39 Å². The van der Waals surface area contributed by atoms with E-state index in [1.807, 2.05) is 0 Å². The van der Waals surface area contributed by atoms with Gasteiger partial charge in [-0.25, -0.2) is 9.37 Å². The molecule has 0 saturated carbocycles. The van der Waals surface area contributed by atoms with E-state index in [1.165, 1.54) is 11.0 Å². The molecule has 0 aliphatic heterocycles. The molecule has 0 bridgehead atoms. The zero-order valence-electron chi connectivity index (χ0n) is 11.9. The van der Waals surface area contributed by atoms with Crippen molar-refractivity contribution in [2.75, 3.05) is 14.1 Å². The number of carbonyl (C=O) groups is 1. The molecule has 0 radical (unpaired) electrons. The third-order valence-corrected chi connectivity index (χ3v) is 3.59. The summed E-state index contributed by atoms with van der Waals surface area (Å²) in [7, 11) is 3.40. The number of alkyl halides is 1. The van der Waals surface area contributed by atoms with Crippen molar-refractivity contribution < 1.29 is 9.18 Å². The molecule has 1 amide bonds. The van der Waals surface area contributed by atoms with E-state index in [1.54, 1.807) is 38.6 Å². The van der Waals surface area contributed by atoms with Gasteiger partial charge in [-0.05, 0) is 25.5 Å². The summed E-state index contributed by atoms with van der Waals surface area (Å²) in [5, 5.41) is 0. The standard InChI is InChI=1S/C14H17ClFN3O/c1-8-5-12-11(6-10(8)16)17-13(7-15)19(12)9(2)14(20)18(3)4/h5-6,9H,7H2,1-4H3. The topological polar surface area (TPSA) is 38.1 Å². The van der Waals surface area contributed by atoms with Gasteiger partial charge in [-0.3, -0.25) is 4.79 Å². The number of fused-ring (bicyclic) bond motifs is 1. The van der Waals surface area contributed by atoms with Crippen molar-refractivity contribution in [3.8, 4) is 0 Å². The van der Waals surface area contributed by atoms with Gasteiger partial charge in [0.15, 0.2) is 0 Å². The van der Waals surface area contributed by atoms with Gasteiger partial charge in [0.2, 0.25) is 5.91 Å². The molecule has 108 valence electrons. The van der Waals surface area contributed by atoms with Crippen LogP contribution in [0.15, 0.2) is 12.1 Å². The maximum atomic E-state index is 13.6. The van der Waals surface area contributed by atoms with Gasteiger partial charge in [0.05, 0.1) is 16.9 Å². The van der Waals surface area contributed by atoms with Gasteiger partial charge in [0.25, 0.3) is 0 Å². The lowest BCUT2D eigenvalue weighted by Crippen LogP contribution is -2.30. The normalized spacial score (nSPS) is 12.7. The van der Waals surface area contributed by atoms with E-state index < -0.39 is 6.04 Å². The van der Waals surface area contributed by atoms with Crippen LogP contribution in [0.3, 0.4) is 0 Å². The van der Waals surface area contributed by atoms with Crippen molar-refractivity contribution >= 4 is 28.5 Å². The Labute approximate surface area is 122 Å². The van der Waals surface area contributed by atoms with E-state index in [2.05, 4.69) is 4.98 Å². The number of amides is 1. The number of aryl methyl sites for hydroxylation is 1. The van der Waals surface area contributed by atoms with Crippen LogP contribution in [-0.2, 0) is 10.7 Å².